The van der Waals surface area contributed by atoms with Crippen molar-refractivity contribution in [2.24, 2.45) is 0 Å². The van der Waals surface area contributed by atoms with E-state index >= 15 is 0 Å². The van der Waals surface area contributed by atoms with Crippen molar-refractivity contribution in [3.8, 4) is 0 Å². The lowest BCUT2D eigenvalue weighted by Crippen LogP contribution is -2.47. The number of carbonyl (C=O) groups is 2. The Hall–Kier alpha value is -4.02. The van der Waals surface area contributed by atoms with Gasteiger partial charge in [-0.25, -0.2) is 9.59 Å². The molecule has 0 amide bonds. The van der Waals surface area contributed by atoms with Crippen molar-refractivity contribution in [3.05, 3.63) is 98.4 Å². The molecule has 0 aliphatic carbocycles. The van der Waals surface area contributed by atoms with Crippen LogP contribution in [0.15, 0.2) is 77.1 Å². The lowest BCUT2D eigenvalue weighted by molar-refractivity contribution is -0.384. The second kappa shape index (κ2) is 12.0. The number of nitrogens with one attached hydrogen (secondary N) is 2. The van der Waals surface area contributed by atoms with E-state index in [1.54, 1.807) is 19.9 Å². The molecule has 2 aromatic rings. The Bertz CT molecular complexity index is 1270. The standard InChI is InChI=1S/C28H32N4O6/c1-18-24(27(33)37-3)26(21-10-7-11-22(16-21)32(35)36)25(19(2)30-18)28(34)38-15-14-31-13-12-29-17-23(31)20-8-5-4-6-9-20/h4-11,16,23,26,29-30H,12-15,17H2,1-3H3. The van der Waals surface area contributed by atoms with Gasteiger partial charge in [0, 0.05) is 55.7 Å². The molecule has 0 spiro atoms. The van der Waals surface area contributed by atoms with Crippen molar-refractivity contribution in [1.82, 2.24) is 15.5 Å². The van der Waals surface area contributed by atoms with Crippen molar-refractivity contribution in [2.75, 3.05) is 39.9 Å². The second-order valence-electron chi connectivity index (χ2n) is 9.28. The van der Waals surface area contributed by atoms with Gasteiger partial charge in [-0.15, -0.1) is 0 Å². The fraction of sp³-hybridized carbons (Fsp3) is 0.357. The number of non-ortho nitro benzene ring substituents is 1. The molecule has 0 bridgehead atoms. The average molecular weight is 521 g/mol. The van der Waals surface area contributed by atoms with Gasteiger partial charge in [-0.1, -0.05) is 42.5 Å². The van der Waals surface area contributed by atoms with E-state index in [1.165, 1.54) is 30.9 Å². The molecule has 1 fully saturated rings. The molecular formula is C28H32N4O6. The molecule has 38 heavy (non-hydrogen) atoms. The molecule has 10 heteroatoms. The van der Waals surface area contributed by atoms with Gasteiger partial charge < -0.3 is 20.1 Å². The predicted octanol–water partition coefficient (Wildman–Crippen LogP) is 3.19. The molecule has 2 unspecified atom stereocenters. The molecule has 2 aromatic carbocycles. The van der Waals surface area contributed by atoms with E-state index in [4.69, 9.17) is 9.47 Å². The van der Waals surface area contributed by atoms with Crippen LogP contribution in [0.1, 0.15) is 36.9 Å². The number of hydrogen-bond acceptors (Lipinski definition) is 9. The third-order valence-electron chi connectivity index (χ3n) is 6.95. The molecule has 2 aliphatic heterocycles. The fourth-order valence-corrected chi connectivity index (χ4v) is 5.15. The maximum Gasteiger partial charge on any atom is 0.336 e. The molecule has 0 saturated carbocycles. The normalized spacial score (nSPS) is 20.1. The molecule has 1 saturated heterocycles. The number of rotatable bonds is 8. The zero-order valence-electron chi connectivity index (χ0n) is 21.7. The van der Waals surface area contributed by atoms with E-state index in [-0.39, 0.29) is 29.5 Å². The number of piperazine rings is 1. The Morgan fingerprint density at radius 3 is 2.39 bits per heavy atom. The first-order chi connectivity index (χ1) is 18.3. The van der Waals surface area contributed by atoms with Crippen molar-refractivity contribution in [1.29, 1.82) is 0 Å². The Kier molecular flexibility index (Phi) is 8.55. The third kappa shape index (κ3) is 5.76. The van der Waals surface area contributed by atoms with E-state index in [2.05, 4.69) is 27.7 Å². The molecular weight excluding hydrogens is 488 g/mol. The van der Waals surface area contributed by atoms with Crippen LogP contribution in [0.5, 0.6) is 0 Å². The highest BCUT2D eigenvalue weighted by atomic mass is 16.6. The number of methoxy groups -OCH3 is 1. The summed E-state index contributed by atoms with van der Waals surface area (Å²) in [4.78, 5) is 39.5. The Balaban J connectivity index is 1.57. The summed E-state index contributed by atoms with van der Waals surface area (Å²) < 4.78 is 10.8. The molecule has 2 N–H and O–H groups in total. The zero-order chi connectivity index (χ0) is 27.2. The van der Waals surface area contributed by atoms with Gasteiger partial charge in [0.2, 0.25) is 0 Å². The summed E-state index contributed by atoms with van der Waals surface area (Å²) in [5.41, 5.74) is 2.93. The average Bonchev–Trinajstić information content (AvgIpc) is 2.93. The van der Waals surface area contributed by atoms with E-state index < -0.39 is 22.8 Å². The van der Waals surface area contributed by atoms with Gasteiger partial charge in [-0.05, 0) is 25.0 Å². The summed E-state index contributed by atoms with van der Waals surface area (Å²) >= 11 is 0. The third-order valence-corrected chi connectivity index (χ3v) is 6.95. The smallest absolute Gasteiger partial charge is 0.336 e. The first-order valence-corrected chi connectivity index (χ1v) is 12.5. The number of hydrogen-bond donors (Lipinski definition) is 2. The monoisotopic (exact) mass is 520 g/mol. The van der Waals surface area contributed by atoms with Crippen molar-refractivity contribution in [3.63, 3.8) is 0 Å². The van der Waals surface area contributed by atoms with Crippen LogP contribution in [0.3, 0.4) is 0 Å². The van der Waals surface area contributed by atoms with Gasteiger partial charge in [0.25, 0.3) is 5.69 Å². The van der Waals surface area contributed by atoms with Gasteiger partial charge in [-0.2, -0.15) is 0 Å². The number of carbonyl (C=O) groups excluding carboxylic acids is 2. The van der Waals surface area contributed by atoms with Gasteiger partial charge in [0.05, 0.1) is 29.1 Å². The van der Waals surface area contributed by atoms with Gasteiger partial charge in [0.15, 0.2) is 0 Å². The Morgan fingerprint density at radius 2 is 1.71 bits per heavy atom. The summed E-state index contributed by atoms with van der Waals surface area (Å²) in [7, 11) is 1.26. The summed E-state index contributed by atoms with van der Waals surface area (Å²) in [6.07, 6.45) is 0. The van der Waals surface area contributed by atoms with Crippen LogP contribution in [0.2, 0.25) is 0 Å². The minimum absolute atomic E-state index is 0.140. The van der Waals surface area contributed by atoms with Crippen molar-refractivity contribution in [2.45, 2.75) is 25.8 Å². The number of ether oxygens (including phenoxy) is 2. The molecule has 2 atom stereocenters. The van der Waals surface area contributed by atoms with Crippen LogP contribution in [0.25, 0.3) is 0 Å². The van der Waals surface area contributed by atoms with Crippen LogP contribution in [-0.2, 0) is 19.1 Å². The Morgan fingerprint density at radius 1 is 1.03 bits per heavy atom. The lowest BCUT2D eigenvalue weighted by Gasteiger charge is -2.36. The van der Waals surface area contributed by atoms with Crippen molar-refractivity contribution >= 4 is 17.6 Å². The zero-order valence-corrected chi connectivity index (χ0v) is 21.7. The summed E-state index contributed by atoms with van der Waals surface area (Å²) in [6.45, 7) is 6.56. The summed E-state index contributed by atoms with van der Waals surface area (Å²) in [5, 5.41) is 18.0. The van der Waals surface area contributed by atoms with Crippen LogP contribution in [0.4, 0.5) is 5.69 Å². The number of nitrogens with zero attached hydrogens (tertiary/aromatic N) is 2. The predicted molar refractivity (Wildman–Crippen MR) is 141 cm³/mol. The van der Waals surface area contributed by atoms with Crippen LogP contribution in [-0.4, -0.2) is 61.7 Å². The van der Waals surface area contributed by atoms with E-state index in [1.807, 2.05) is 18.2 Å². The minimum Gasteiger partial charge on any atom is -0.466 e. The largest absolute Gasteiger partial charge is 0.466 e. The summed E-state index contributed by atoms with van der Waals surface area (Å²) in [6, 6.07) is 16.3. The molecule has 0 aromatic heterocycles. The lowest BCUT2D eigenvalue weighted by atomic mass is 9.80. The van der Waals surface area contributed by atoms with Gasteiger partial charge in [-0.3, -0.25) is 15.0 Å². The molecule has 2 heterocycles. The number of dihydropyridines is 1. The van der Waals surface area contributed by atoms with Gasteiger partial charge >= 0.3 is 11.9 Å². The Labute approximate surface area is 221 Å². The highest BCUT2D eigenvalue weighted by Crippen LogP contribution is 2.40. The topological polar surface area (TPSA) is 123 Å². The van der Waals surface area contributed by atoms with E-state index in [0.29, 0.717) is 23.5 Å². The maximum absolute atomic E-state index is 13.5. The summed E-state index contributed by atoms with van der Waals surface area (Å²) in [5.74, 6) is -2.10. The number of nitro benzene ring substituents is 1. The molecule has 10 nitrogen and oxygen atoms in total. The van der Waals surface area contributed by atoms with E-state index in [9.17, 15) is 19.7 Å². The van der Waals surface area contributed by atoms with Crippen molar-refractivity contribution < 1.29 is 24.0 Å². The number of esters is 2. The number of nitro groups is 1. The minimum atomic E-state index is -0.882. The first-order valence-electron chi connectivity index (χ1n) is 12.5. The molecule has 4 rings (SSSR count). The highest BCUT2D eigenvalue weighted by Gasteiger charge is 2.38. The first kappa shape index (κ1) is 27.0. The highest BCUT2D eigenvalue weighted by molar-refractivity contribution is 5.99. The maximum atomic E-state index is 13.5. The number of benzene rings is 2. The fourth-order valence-electron chi connectivity index (χ4n) is 5.15. The van der Waals surface area contributed by atoms with E-state index in [0.717, 1.165) is 19.6 Å². The molecule has 200 valence electrons. The molecule has 2 aliphatic rings. The SMILES string of the molecule is COC(=O)C1=C(C)NC(C)=C(C(=O)OCCN2CCNCC2c2ccccc2)C1c1cccc([N+](=O)[O-])c1. The van der Waals surface area contributed by atoms with Gasteiger partial charge in [0.1, 0.15) is 6.61 Å². The number of allylic oxidation sites excluding steroid dienone is 2. The van der Waals surface area contributed by atoms with Crippen LogP contribution >= 0.6 is 0 Å². The second-order valence-corrected chi connectivity index (χ2v) is 9.28. The van der Waals surface area contributed by atoms with Crippen LogP contribution < -0.4 is 10.6 Å². The quantitative estimate of drug-likeness (QED) is 0.307. The van der Waals surface area contributed by atoms with Crippen LogP contribution in [0, 0.1) is 10.1 Å². The molecule has 0 radical (unpaired) electrons.